The molecule has 2 aliphatic heterocycles. The number of hydrogen-bond acceptors (Lipinski definition) is 8. The summed E-state index contributed by atoms with van der Waals surface area (Å²) in [6.07, 6.45) is 1.87. The highest BCUT2D eigenvalue weighted by Crippen LogP contribution is 2.45. The molecule has 1 N–H and O–H groups in total. The maximum atomic E-state index is 13.6. The Balaban J connectivity index is 1.50. The summed E-state index contributed by atoms with van der Waals surface area (Å²) in [7, 11) is 0. The molecule has 0 radical (unpaired) electrons. The summed E-state index contributed by atoms with van der Waals surface area (Å²) >= 11 is 7.43. The lowest BCUT2D eigenvalue weighted by atomic mass is 9.95. The first kappa shape index (κ1) is 26.2. The van der Waals surface area contributed by atoms with Crippen molar-refractivity contribution in [3.8, 4) is 17.2 Å². The number of amides is 1. The largest absolute Gasteiger partial charge is 0.507 e. The topological polar surface area (TPSA) is 98.2 Å². The molecule has 204 valence electrons. The van der Waals surface area contributed by atoms with Crippen molar-refractivity contribution < 1.29 is 28.9 Å². The van der Waals surface area contributed by atoms with E-state index in [1.54, 1.807) is 54.6 Å². The van der Waals surface area contributed by atoms with Gasteiger partial charge < -0.3 is 19.3 Å². The Kier molecular flexibility index (Phi) is 7.08. The van der Waals surface area contributed by atoms with Gasteiger partial charge in [-0.2, -0.15) is 0 Å². The van der Waals surface area contributed by atoms with Crippen molar-refractivity contribution in [3.63, 3.8) is 0 Å². The number of fused-ring (bicyclic) bond motifs is 2. The van der Waals surface area contributed by atoms with Gasteiger partial charge in [-0.3, -0.25) is 14.5 Å². The van der Waals surface area contributed by atoms with Gasteiger partial charge >= 0.3 is 5.91 Å². The first-order valence-corrected chi connectivity index (χ1v) is 14.1. The second kappa shape index (κ2) is 10.8. The molecule has 40 heavy (non-hydrogen) atoms. The molecule has 0 saturated carbocycles. The minimum Gasteiger partial charge on any atom is -0.507 e. The summed E-state index contributed by atoms with van der Waals surface area (Å²) in [6.45, 7) is 3.41. The minimum absolute atomic E-state index is 0.0512. The summed E-state index contributed by atoms with van der Waals surface area (Å²) in [5, 5.41) is 12.4. The molecular weight excluding hydrogens is 552 g/mol. The Hall–Kier alpha value is -4.08. The number of halogens is 1. The van der Waals surface area contributed by atoms with Crippen molar-refractivity contribution in [1.29, 1.82) is 0 Å². The lowest BCUT2D eigenvalue weighted by Gasteiger charge is -2.24. The first-order chi connectivity index (χ1) is 19.4. The third-order valence-corrected chi connectivity index (χ3v) is 8.00. The highest BCUT2D eigenvalue weighted by molar-refractivity contribution is 7.22. The second-order valence-corrected chi connectivity index (χ2v) is 10.9. The van der Waals surface area contributed by atoms with Crippen LogP contribution in [0.5, 0.6) is 17.2 Å². The van der Waals surface area contributed by atoms with Gasteiger partial charge in [-0.25, -0.2) is 4.98 Å². The lowest BCUT2D eigenvalue weighted by molar-refractivity contribution is -0.132. The number of anilines is 1. The molecule has 0 spiro atoms. The number of aliphatic hydroxyl groups is 1. The van der Waals surface area contributed by atoms with Crippen LogP contribution in [0.2, 0.25) is 5.02 Å². The molecule has 10 heteroatoms. The van der Waals surface area contributed by atoms with Gasteiger partial charge in [0.05, 0.1) is 28.4 Å². The van der Waals surface area contributed by atoms with E-state index in [0.717, 1.165) is 17.5 Å². The molecule has 1 amide bonds. The van der Waals surface area contributed by atoms with Crippen LogP contribution in [0.25, 0.3) is 16.0 Å². The molecule has 4 aromatic rings. The molecule has 0 bridgehead atoms. The van der Waals surface area contributed by atoms with Crippen molar-refractivity contribution in [2.75, 3.05) is 24.7 Å². The number of unbranched alkanes of at least 4 members (excludes halogenated alkanes) is 1. The van der Waals surface area contributed by atoms with Crippen molar-refractivity contribution >= 4 is 55.7 Å². The van der Waals surface area contributed by atoms with Crippen molar-refractivity contribution in [2.45, 2.75) is 25.8 Å². The normalized spacial score (nSPS) is 17.9. The number of thiazole rings is 1. The Morgan fingerprint density at radius 1 is 1.10 bits per heavy atom. The zero-order valence-electron chi connectivity index (χ0n) is 21.6. The Labute approximate surface area is 239 Å². The number of aromatic nitrogens is 1. The number of benzene rings is 3. The van der Waals surface area contributed by atoms with Gasteiger partial charge in [-0.05, 0) is 60.5 Å². The third kappa shape index (κ3) is 4.76. The number of carbonyl (C=O) groups is 2. The monoisotopic (exact) mass is 576 g/mol. The maximum Gasteiger partial charge on any atom is 0.301 e. The summed E-state index contributed by atoms with van der Waals surface area (Å²) in [5.41, 5.74) is 1.53. The first-order valence-electron chi connectivity index (χ1n) is 12.9. The van der Waals surface area contributed by atoms with Crippen LogP contribution in [0.15, 0.2) is 66.2 Å². The van der Waals surface area contributed by atoms with E-state index in [4.69, 9.17) is 25.8 Å². The standard InChI is InChI=1S/C30H25ClN2O6S/c1-2-3-11-37-20-6-4-5-17(14-20)26-25(27(34)18-7-10-22-23(15-18)39-13-12-38-22)28(35)29(36)33(26)30-32-21-9-8-19(31)16-24(21)40-30/h4-10,14-16,26,34H,2-3,11-13H2,1H3/t26-/m0/s1. The number of Topliss-reactive ketones (excluding diaryl/α,β-unsaturated/α-hetero) is 1. The number of nitrogens with zero attached hydrogens (tertiary/aromatic N) is 2. The smallest absolute Gasteiger partial charge is 0.301 e. The zero-order valence-corrected chi connectivity index (χ0v) is 23.1. The lowest BCUT2D eigenvalue weighted by Crippen LogP contribution is -2.29. The molecule has 8 nitrogen and oxygen atoms in total. The fourth-order valence-corrected chi connectivity index (χ4v) is 6.06. The molecular formula is C30H25ClN2O6S. The maximum absolute atomic E-state index is 13.6. The number of ether oxygens (including phenoxy) is 3. The average Bonchev–Trinajstić information content (AvgIpc) is 3.50. The highest BCUT2D eigenvalue weighted by atomic mass is 35.5. The number of rotatable bonds is 7. The summed E-state index contributed by atoms with van der Waals surface area (Å²) < 4.78 is 18.0. The van der Waals surface area contributed by atoms with Gasteiger partial charge in [0, 0.05) is 10.6 Å². The number of ketones is 1. The van der Waals surface area contributed by atoms with Crippen molar-refractivity contribution in [3.05, 3.63) is 82.4 Å². The summed E-state index contributed by atoms with van der Waals surface area (Å²) in [4.78, 5) is 33.2. The predicted molar refractivity (Wildman–Crippen MR) is 154 cm³/mol. The molecule has 0 aliphatic carbocycles. The van der Waals surface area contributed by atoms with E-state index in [-0.39, 0.29) is 11.3 Å². The minimum atomic E-state index is -0.945. The SMILES string of the molecule is CCCCOc1cccc([C@H]2C(=C(O)c3ccc4c(c3)OCCO4)C(=O)C(=O)N2c2nc3ccc(Cl)cc3s2)c1. The quantitative estimate of drug-likeness (QED) is 0.116. The number of carbonyl (C=O) groups excluding carboxylic acids is 2. The van der Waals surface area contributed by atoms with E-state index in [1.807, 2.05) is 6.07 Å². The van der Waals surface area contributed by atoms with Gasteiger partial charge in [0.1, 0.15) is 24.7 Å². The number of hydrogen-bond donors (Lipinski definition) is 1. The van der Waals surface area contributed by atoms with Crippen LogP contribution in [0.1, 0.15) is 36.9 Å². The fourth-order valence-electron chi connectivity index (χ4n) is 4.79. The molecule has 3 aromatic carbocycles. The van der Waals surface area contributed by atoms with E-state index in [0.29, 0.717) is 63.9 Å². The van der Waals surface area contributed by atoms with E-state index >= 15 is 0 Å². The Bertz CT molecular complexity index is 1670. The van der Waals surface area contributed by atoms with Crippen LogP contribution >= 0.6 is 22.9 Å². The van der Waals surface area contributed by atoms with Crippen LogP contribution in [0.3, 0.4) is 0 Å². The van der Waals surface area contributed by atoms with E-state index in [9.17, 15) is 14.7 Å². The van der Waals surface area contributed by atoms with Gasteiger partial charge in [0.2, 0.25) is 0 Å². The summed E-state index contributed by atoms with van der Waals surface area (Å²) in [6, 6.07) is 16.4. The van der Waals surface area contributed by atoms with Gasteiger partial charge in [-0.1, -0.05) is 48.4 Å². The van der Waals surface area contributed by atoms with Gasteiger partial charge in [-0.15, -0.1) is 0 Å². The van der Waals surface area contributed by atoms with Crippen LogP contribution in [-0.4, -0.2) is 41.6 Å². The van der Waals surface area contributed by atoms with E-state index in [2.05, 4.69) is 11.9 Å². The second-order valence-electron chi connectivity index (χ2n) is 9.41. The number of aliphatic hydroxyl groups excluding tert-OH is 1. The molecule has 2 aliphatic rings. The van der Waals surface area contributed by atoms with Gasteiger partial charge in [0.25, 0.3) is 5.78 Å². The molecule has 1 aromatic heterocycles. The Morgan fingerprint density at radius 3 is 2.75 bits per heavy atom. The average molecular weight is 577 g/mol. The Morgan fingerprint density at radius 2 is 1.93 bits per heavy atom. The predicted octanol–water partition coefficient (Wildman–Crippen LogP) is 6.53. The molecule has 3 heterocycles. The van der Waals surface area contributed by atoms with Crippen LogP contribution in [-0.2, 0) is 9.59 Å². The fraction of sp³-hybridized carbons (Fsp3) is 0.233. The van der Waals surface area contributed by atoms with E-state index in [1.165, 1.54) is 16.2 Å². The third-order valence-electron chi connectivity index (χ3n) is 6.75. The molecule has 6 rings (SSSR count). The van der Waals surface area contributed by atoms with Crippen molar-refractivity contribution in [2.24, 2.45) is 0 Å². The molecule has 1 saturated heterocycles. The van der Waals surface area contributed by atoms with Crippen molar-refractivity contribution in [1.82, 2.24) is 4.98 Å². The molecule has 1 fully saturated rings. The van der Waals surface area contributed by atoms with Crippen LogP contribution in [0, 0.1) is 0 Å². The van der Waals surface area contributed by atoms with Crippen LogP contribution < -0.4 is 19.1 Å². The molecule has 1 atom stereocenters. The molecule has 0 unspecified atom stereocenters. The zero-order chi connectivity index (χ0) is 27.8. The highest BCUT2D eigenvalue weighted by Gasteiger charge is 2.48. The summed E-state index contributed by atoms with van der Waals surface area (Å²) in [5.74, 6) is -0.310. The van der Waals surface area contributed by atoms with E-state index < -0.39 is 17.7 Å². The van der Waals surface area contributed by atoms with Crippen LogP contribution in [0.4, 0.5) is 5.13 Å². The van der Waals surface area contributed by atoms with Gasteiger partial charge in [0.15, 0.2) is 16.6 Å².